The molecule has 14 heavy (non-hydrogen) atoms. The van der Waals surface area contributed by atoms with Gasteiger partial charge in [0.25, 0.3) is 0 Å². The zero-order valence-corrected chi connectivity index (χ0v) is 7.90. The van der Waals surface area contributed by atoms with Crippen molar-refractivity contribution in [2.45, 2.75) is 0 Å². The smallest absolute Gasteiger partial charge is 0.153 e. The number of carbonyl (C=O) groups excluding carboxylic acids is 1. The van der Waals surface area contributed by atoms with Crippen LogP contribution in [0, 0.1) is 0 Å². The van der Waals surface area contributed by atoms with Gasteiger partial charge in [-0.05, 0) is 18.2 Å². The van der Waals surface area contributed by atoms with Gasteiger partial charge in [0.05, 0.1) is 12.2 Å². The normalized spacial score (nSPS) is 9.79. The van der Waals surface area contributed by atoms with Crippen molar-refractivity contribution < 1.29 is 19.4 Å². The van der Waals surface area contributed by atoms with Gasteiger partial charge in [-0.2, -0.15) is 0 Å². The molecule has 1 rings (SSSR count). The molecule has 0 fully saturated rings. The molecular weight excluding hydrogens is 184 g/mol. The summed E-state index contributed by atoms with van der Waals surface area (Å²) in [5.41, 5.74) is 0.222. The van der Waals surface area contributed by atoms with Gasteiger partial charge in [-0.1, -0.05) is 0 Å². The van der Waals surface area contributed by atoms with Crippen LogP contribution in [0.2, 0.25) is 0 Å². The Morgan fingerprint density at radius 3 is 2.86 bits per heavy atom. The molecule has 0 radical (unpaired) electrons. The molecule has 0 heterocycles. The Morgan fingerprint density at radius 1 is 1.43 bits per heavy atom. The minimum absolute atomic E-state index is 0.0425. The first-order chi connectivity index (χ1) is 6.77. The van der Waals surface area contributed by atoms with Gasteiger partial charge in [0, 0.05) is 7.11 Å². The lowest BCUT2D eigenvalue weighted by atomic mass is 10.2. The Labute approximate surface area is 82.1 Å². The summed E-state index contributed by atoms with van der Waals surface area (Å²) in [6.07, 6.45) is 0.582. The van der Waals surface area contributed by atoms with Gasteiger partial charge in [-0.3, -0.25) is 4.79 Å². The van der Waals surface area contributed by atoms with Crippen molar-refractivity contribution in [2.24, 2.45) is 0 Å². The molecule has 0 spiro atoms. The highest BCUT2D eigenvalue weighted by molar-refractivity contribution is 5.79. The molecule has 0 aliphatic rings. The number of rotatable bonds is 5. The summed E-state index contributed by atoms with van der Waals surface area (Å²) < 4.78 is 10.0. The lowest BCUT2D eigenvalue weighted by molar-refractivity contribution is 0.112. The number of hydrogen-bond donors (Lipinski definition) is 1. The summed E-state index contributed by atoms with van der Waals surface area (Å²) in [7, 11) is 1.58. The number of hydrogen-bond acceptors (Lipinski definition) is 4. The van der Waals surface area contributed by atoms with Gasteiger partial charge < -0.3 is 14.6 Å². The maximum absolute atomic E-state index is 10.5. The van der Waals surface area contributed by atoms with Crippen molar-refractivity contribution in [3.63, 3.8) is 0 Å². The Hall–Kier alpha value is -1.55. The number of aromatic hydroxyl groups is 1. The minimum atomic E-state index is -0.0425. The van der Waals surface area contributed by atoms with Crippen LogP contribution in [-0.4, -0.2) is 31.7 Å². The standard InChI is InChI=1S/C10H12O4/c1-13-4-5-14-9-2-3-10(12)8(6-9)7-11/h2-3,6-7,12H,4-5H2,1H3. The second kappa shape index (κ2) is 5.24. The first kappa shape index (κ1) is 10.5. The number of aldehydes is 1. The van der Waals surface area contributed by atoms with E-state index in [1.54, 1.807) is 13.2 Å². The average Bonchev–Trinajstić information content (AvgIpc) is 2.21. The largest absolute Gasteiger partial charge is 0.507 e. The molecule has 0 atom stereocenters. The molecule has 0 saturated carbocycles. The first-order valence-electron chi connectivity index (χ1n) is 4.18. The molecule has 0 aromatic heterocycles. The Bertz CT molecular complexity index is 309. The maximum Gasteiger partial charge on any atom is 0.153 e. The molecule has 1 N–H and O–H groups in total. The van der Waals surface area contributed by atoms with Crippen LogP contribution in [0.4, 0.5) is 0 Å². The summed E-state index contributed by atoms with van der Waals surface area (Å²) in [4.78, 5) is 10.5. The number of carbonyl (C=O) groups is 1. The fourth-order valence-corrected chi connectivity index (χ4v) is 0.960. The van der Waals surface area contributed by atoms with Gasteiger partial charge >= 0.3 is 0 Å². The van der Waals surface area contributed by atoms with E-state index in [1.807, 2.05) is 0 Å². The van der Waals surface area contributed by atoms with E-state index in [2.05, 4.69) is 0 Å². The van der Waals surface area contributed by atoms with Crippen molar-refractivity contribution in [3.8, 4) is 11.5 Å². The second-order valence-corrected chi connectivity index (χ2v) is 2.68. The van der Waals surface area contributed by atoms with Crippen LogP contribution in [-0.2, 0) is 4.74 Å². The Kier molecular flexibility index (Phi) is 3.94. The lowest BCUT2D eigenvalue weighted by Gasteiger charge is -2.06. The van der Waals surface area contributed by atoms with Gasteiger partial charge in [0.1, 0.15) is 18.1 Å². The van der Waals surface area contributed by atoms with Crippen LogP contribution in [0.3, 0.4) is 0 Å². The third kappa shape index (κ3) is 2.74. The zero-order valence-electron chi connectivity index (χ0n) is 7.90. The minimum Gasteiger partial charge on any atom is -0.507 e. The average molecular weight is 196 g/mol. The van der Waals surface area contributed by atoms with Crippen LogP contribution in [0.15, 0.2) is 18.2 Å². The van der Waals surface area contributed by atoms with E-state index in [0.717, 1.165) is 0 Å². The van der Waals surface area contributed by atoms with Crippen LogP contribution >= 0.6 is 0 Å². The topological polar surface area (TPSA) is 55.8 Å². The van der Waals surface area contributed by atoms with E-state index in [4.69, 9.17) is 9.47 Å². The highest BCUT2D eigenvalue weighted by Gasteiger charge is 2.01. The molecule has 1 aromatic rings. The Morgan fingerprint density at radius 2 is 2.21 bits per heavy atom. The fourth-order valence-electron chi connectivity index (χ4n) is 0.960. The molecular formula is C10H12O4. The van der Waals surface area contributed by atoms with E-state index in [9.17, 15) is 9.90 Å². The van der Waals surface area contributed by atoms with Crippen LogP contribution in [0.1, 0.15) is 10.4 Å². The number of phenolic OH excluding ortho intramolecular Hbond substituents is 1. The molecule has 4 heteroatoms. The molecule has 0 saturated heterocycles. The predicted octanol–water partition coefficient (Wildman–Crippen LogP) is 1.23. The number of methoxy groups -OCH3 is 1. The fraction of sp³-hybridized carbons (Fsp3) is 0.300. The summed E-state index contributed by atoms with van der Waals surface area (Å²) in [5, 5.41) is 9.20. The molecule has 4 nitrogen and oxygen atoms in total. The third-order valence-corrected chi connectivity index (χ3v) is 1.68. The molecule has 0 aliphatic carbocycles. The van der Waals surface area contributed by atoms with Crippen molar-refractivity contribution in [1.82, 2.24) is 0 Å². The van der Waals surface area contributed by atoms with E-state index in [1.165, 1.54) is 12.1 Å². The first-order valence-corrected chi connectivity index (χ1v) is 4.18. The van der Waals surface area contributed by atoms with Gasteiger partial charge in [0.15, 0.2) is 6.29 Å². The van der Waals surface area contributed by atoms with Gasteiger partial charge in [-0.15, -0.1) is 0 Å². The molecule has 0 unspecified atom stereocenters. The SMILES string of the molecule is COCCOc1ccc(O)c(C=O)c1. The molecule has 0 amide bonds. The molecule has 1 aromatic carbocycles. The highest BCUT2D eigenvalue weighted by atomic mass is 16.5. The van der Waals surface area contributed by atoms with E-state index in [0.29, 0.717) is 25.2 Å². The van der Waals surface area contributed by atoms with Gasteiger partial charge in [0.2, 0.25) is 0 Å². The second-order valence-electron chi connectivity index (χ2n) is 2.68. The van der Waals surface area contributed by atoms with Crippen LogP contribution in [0.25, 0.3) is 0 Å². The van der Waals surface area contributed by atoms with Crippen LogP contribution < -0.4 is 4.74 Å². The Balaban J connectivity index is 2.64. The summed E-state index contributed by atoms with van der Waals surface area (Å²) in [5.74, 6) is 0.501. The summed E-state index contributed by atoms with van der Waals surface area (Å²) in [6, 6.07) is 4.50. The number of benzene rings is 1. The van der Waals surface area contributed by atoms with E-state index in [-0.39, 0.29) is 11.3 Å². The summed E-state index contributed by atoms with van der Waals surface area (Å²) >= 11 is 0. The number of phenols is 1. The number of ether oxygens (including phenoxy) is 2. The summed E-state index contributed by atoms with van der Waals surface area (Å²) in [6.45, 7) is 0.900. The van der Waals surface area contributed by atoms with Crippen LogP contribution in [0.5, 0.6) is 11.5 Å². The quantitative estimate of drug-likeness (QED) is 0.568. The monoisotopic (exact) mass is 196 g/mol. The molecule has 0 bridgehead atoms. The highest BCUT2D eigenvalue weighted by Crippen LogP contribution is 2.21. The van der Waals surface area contributed by atoms with Crippen molar-refractivity contribution in [3.05, 3.63) is 23.8 Å². The van der Waals surface area contributed by atoms with Gasteiger partial charge in [-0.25, -0.2) is 0 Å². The molecule has 0 aliphatic heterocycles. The maximum atomic E-state index is 10.5. The third-order valence-electron chi connectivity index (χ3n) is 1.68. The zero-order chi connectivity index (χ0) is 10.4. The molecule has 76 valence electrons. The lowest BCUT2D eigenvalue weighted by Crippen LogP contribution is -2.04. The van der Waals surface area contributed by atoms with Crippen molar-refractivity contribution >= 4 is 6.29 Å². The van der Waals surface area contributed by atoms with E-state index < -0.39 is 0 Å². The van der Waals surface area contributed by atoms with E-state index >= 15 is 0 Å². The van der Waals surface area contributed by atoms with Crippen molar-refractivity contribution in [1.29, 1.82) is 0 Å². The van der Waals surface area contributed by atoms with Crippen molar-refractivity contribution in [2.75, 3.05) is 20.3 Å². The predicted molar refractivity (Wildman–Crippen MR) is 50.9 cm³/mol.